The van der Waals surface area contributed by atoms with Crippen LogP contribution in [-0.2, 0) is 0 Å². The van der Waals surface area contributed by atoms with Gasteiger partial charge in [-0.3, -0.25) is 0 Å². The summed E-state index contributed by atoms with van der Waals surface area (Å²) in [6.45, 7) is 0. The van der Waals surface area contributed by atoms with Gasteiger partial charge < -0.3 is 10.5 Å². The van der Waals surface area contributed by atoms with Crippen LogP contribution in [0.15, 0.2) is 33.3 Å². The third-order valence-electron chi connectivity index (χ3n) is 1.83. The van der Waals surface area contributed by atoms with Crippen molar-refractivity contribution in [2.45, 2.75) is 0 Å². The summed E-state index contributed by atoms with van der Waals surface area (Å²) in [4.78, 5) is 7.80. The van der Waals surface area contributed by atoms with Gasteiger partial charge in [-0.25, -0.2) is 4.98 Å². The van der Waals surface area contributed by atoms with Gasteiger partial charge in [0, 0.05) is 5.02 Å². The maximum Gasteiger partial charge on any atom is 0.238 e. The van der Waals surface area contributed by atoms with Crippen LogP contribution in [0, 0.1) is 0 Å². The van der Waals surface area contributed by atoms with E-state index in [2.05, 4.69) is 41.8 Å². The van der Waals surface area contributed by atoms with E-state index in [-0.39, 0.29) is 5.95 Å². The van der Waals surface area contributed by atoms with Gasteiger partial charge in [0.2, 0.25) is 11.8 Å². The summed E-state index contributed by atoms with van der Waals surface area (Å²) in [5, 5.41) is 0.616. The molecule has 0 saturated carbocycles. The van der Waals surface area contributed by atoms with Crippen molar-refractivity contribution < 1.29 is 4.74 Å². The number of aromatic nitrogens is 2. The maximum atomic E-state index is 5.84. The van der Waals surface area contributed by atoms with Crippen molar-refractivity contribution in [1.82, 2.24) is 9.97 Å². The summed E-state index contributed by atoms with van der Waals surface area (Å²) >= 11 is 12.5. The summed E-state index contributed by atoms with van der Waals surface area (Å²) in [6, 6.07) is 5.19. The van der Waals surface area contributed by atoms with Crippen LogP contribution in [0.3, 0.4) is 0 Å². The summed E-state index contributed by atoms with van der Waals surface area (Å²) in [5.74, 6) is 1.09. The summed E-state index contributed by atoms with van der Waals surface area (Å²) in [7, 11) is 0. The molecule has 0 radical (unpaired) electrons. The molecule has 1 aromatic carbocycles. The van der Waals surface area contributed by atoms with Crippen molar-refractivity contribution in [2.24, 2.45) is 0 Å². The molecule has 0 aliphatic heterocycles. The second-order valence-electron chi connectivity index (χ2n) is 3.06. The third kappa shape index (κ3) is 3.08. The number of hydrogen-bond donors (Lipinski definition) is 1. The fourth-order valence-corrected chi connectivity index (χ4v) is 2.13. The number of anilines is 1. The van der Waals surface area contributed by atoms with E-state index in [1.807, 2.05) is 0 Å². The van der Waals surface area contributed by atoms with Gasteiger partial charge in [-0.15, -0.1) is 0 Å². The first-order valence-electron chi connectivity index (χ1n) is 4.47. The fourth-order valence-electron chi connectivity index (χ4n) is 1.10. The molecule has 2 N–H and O–H groups in total. The molecule has 0 aliphatic carbocycles. The third-order valence-corrected chi connectivity index (χ3v) is 3.23. The highest BCUT2D eigenvalue weighted by atomic mass is 79.9. The van der Waals surface area contributed by atoms with E-state index in [1.54, 1.807) is 18.2 Å². The molecule has 1 heterocycles. The van der Waals surface area contributed by atoms with Gasteiger partial charge in [-0.2, -0.15) is 4.98 Å². The Labute approximate surface area is 119 Å². The average Bonchev–Trinajstić information content (AvgIpc) is 2.27. The number of hydrogen-bond acceptors (Lipinski definition) is 4. The highest BCUT2D eigenvalue weighted by Gasteiger charge is 2.09. The smallest absolute Gasteiger partial charge is 0.238 e. The number of rotatable bonds is 2. The topological polar surface area (TPSA) is 61.0 Å². The molecule has 2 aromatic rings. The largest absolute Gasteiger partial charge is 0.437 e. The Morgan fingerprint density at radius 2 is 2.00 bits per heavy atom. The van der Waals surface area contributed by atoms with Gasteiger partial charge in [0.25, 0.3) is 0 Å². The normalized spacial score (nSPS) is 10.3. The first kappa shape index (κ1) is 12.6. The highest BCUT2D eigenvalue weighted by Crippen LogP contribution is 2.33. The van der Waals surface area contributed by atoms with E-state index in [1.165, 1.54) is 6.20 Å². The van der Waals surface area contributed by atoms with Crippen LogP contribution in [0.25, 0.3) is 0 Å². The molecule has 0 saturated heterocycles. The van der Waals surface area contributed by atoms with Gasteiger partial charge >= 0.3 is 0 Å². The minimum Gasteiger partial charge on any atom is -0.437 e. The van der Waals surface area contributed by atoms with E-state index >= 15 is 0 Å². The number of halogens is 3. The molecule has 0 spiro atoms. The van der Waals surface area contributed by atoms with Crippen molar-refractivity contribution in [1.29, 1.82) is 0 Å². The predicted molar refractivity (Wildman–Crippen MR) is 73.4 cm³/mol. The van der Waals surface area contributed by atoms with Gasteiger partial charge in [0.05, 0.1) is 15.1 Å². The highest BCUT2D eigenvalue weighted by molar-refractivity contribution is 9.11. The summed E-state index contributed by atoms with van der Waals surface area (Å²) in [6.07, 6.45) is 1.53. The van der Waals surface area contributed by atoms with E-state index in [4.69, 9.17) is 22.1 Å². The van der Waals surface area contributed by atoms with Crippen LogP contribution in [0.5, 0.6) is 11.6 Å². The van der Waals surface area contributed by atoms with Gasteiger partial charge in [-0.1, -0.05) is 11.6 Å². The lowest BCUT2D eigenvalue weighted by Crippen LogP contribution is -1.97. The fraction of sp³-hybridized carbons (Fsp3) is 0. The molecule has 0 fully saturated rings. The second-order valence-corrected chi connectivity index (χ2v) is 5.20. The van der Waals surface area contributed by atoms with Gasteiger partial charge in [0.1, 0.15) is 5.75 Å². The lowest BCUT2D eigenvalue weighted by molar-refractivity contribution is 0.456. The number of ether oxygens (including phenoxy) is 1. The number of nitrogens with zero attached hydrogens (tertiary/aromatic N) is 2. The zero-order valence-corrected chi connectivity index (χ0v) is 12.3. The van der Waals surface area contributed by atoms with Crippen molar-refractivity contribution in [3.05, 3.63) is 38.4 Å². The van der Waals surface area contributed by atoms with E-state index < -0.39 is 0 Å². The van der Waals surface area contributed by atoms with Crippen molar-refractivity contribution in [2.75, 3.05) is 5.73 Å². The zero-order chi connectivity index (χ0) is 12.4. The Balaban J connectivity index is 2.34. The molecule has 88 valence electrons. The molecule has 0 unspecified atom stereocenters. The van der Waals surface area contributed by atoms with E-state index in [0.717, 1.165) is 4.47 Å². The number of benzene rings is 1. The molecule has 0 bridgehead atoms. The molecule has 7 heteroatoms. The molecular weight excluding hydrogens is 373 g/mol. The Kier molecular flexibility index (Phi) is 3.86. The molecule has 0 aliphatic rings. The monoisotopic (exact) mass is 377 g/mol. The molecule has 1 aromatic heterocycles. The Morgan fingerprint density at radius 1 is 1.24 bits per heavy atom. The van der Waals surface area contributed by atoms with Gasteiger partial charge in [0.15, 0.2) is 0 Å². The average molecular weight is 379 g/mol. The predicted octanol–water partition coefficient (Wildman–Crippen LogP) is 4.03. The van der Waals surface area contributed by atoms with E-state index in [0.29, 0.717) is 21.1 Å². The zero-order valence-electron chi connectivity index (χ0n) is 8.32. The van der Waals surface area contributed by atoms with Crippen LogP contribution >= 0.6 is 43.5 Å². The minimum atomic E-state index is 0.147. The molecule has 0 amide bonds. The minimum absolute atomic E-state index is 0.147. The van der Waals surface area contributed by atoms with Crippen LogP contribution in [0.2, 0.25) is 5.02 Å². The molecule has 4 nitrogen and oxygen atoms in total. The summed E-state index contributed by atoms with van der Waals surface area (Å²) < 4.78 is 6.94. The van der Waals surface area contributed by atoms with Crippen molar-refractivity contribution in [3.63, 3.8) is 0 Å². The number of nitrogen functional groups attached to an aromatic ring is 1. The van der Waals surface area contributed by atoms with Crippen molar-refractivity contribution in [3.8, 4) is 11.6 Å². The van der Waals surface area contributed by atoms with Crippen molar-refractivity contribution >= 4 is 49.4 Å². The Hall–Kier alpha value is -0.850. The molecular formula is C10H6Br2ClN3O. The second kappa shape index (κ2) is 5.20. The van der Waals surface area contributed by atoms with Crippen LogP contribution in [-0.4, -0.2) is 9.97 Å². The number of nitrogens with two attached hydrogens (primary N) is 1. The molecule has 0 atom stereocenters. The quantitative estimate of drug-likeness (QED) is 0.856. The lowest BCUT2D eigenvalue weighted by Gasteiger charge is -2.08. The Morgan fingerprint density at radius 3 is 2.71 bits per heavy atom. The summed E-state index contributed by atoms with van der Waals surface area (Å²) in [5.41, 5.74) is 5.49. The van der Waals surface area contributed by atoms with Crippen LogP contribution in [0.1, 0.15) is 0 Å². The standard InChI is InChI=1S/C10H6Br2ClN3O/c11-6-3-5(13)1-2-8(6)17-9-7(12)4-15-10(14)16-9/h1-4H,(H2,14,15,16). The Bertz CT molecular complexity index is 565. The molecule has 17 heavy (non-hydrogen) atoms. The maximum absolute atomic E-state index is 5.84. The van der Waals surface area contributed by atoms with Crippen LogP contribution in [0.4, 0.5) is 5.95 Å². The van der Waals surface area contributed by atoms with Gasteiger partial charge in [-0.05, 0) is 50.1 Å². The first-order chi connectivity index (χ1) is 8.06. The SMILES string of the molecule is Nc1ncc(Br)c(Oc2ccc(Cl)cc2Br)n1. The van der Waals surface area contributed by atoms with Crippen LogP contribution < -0.4 is 10.5 Å². The van der Waals surface area contributed by atoms with E-state index in [9.17, 15) is 0 Å². The first-order valence-corrected chi connectivity index (χ1v) is 6.43. The molecule has 2 rings (SSSR count). The lowest BCUT2D eigenvalue weighted by atomic mass is 10.3.